The first-order valence-corrected chi connectivity index (χ1v) is 6.38. The summed E-state index contributed by atoms with van der Waals surface area (Å²) in [6.45, 7) is 3.61. The van der Waals surface area contributed by atoms with Crippen LogP contribution in [0, 0.1) is 11.8 Å². The van der Waals surface area contributed by atoms with Crippen LogP contribution in [0.4, 0.5) is 0 Å². The van der Waals surface area contributed by atoms with Crippen LogP contribution in [-0.2, 0) is 9.59 Å². The molecule has 1 aliphatic rings. The molecule has 0 saturated carbocycles. The van der Waals surface area contributed by atoms with Crippen LogP contribution in [-0.4, -0.2) is 36.3 Å². The second-order valence-corrected chi connectivity index (χ2v) is 4.75. The van der Waals surface area contributed by atoms with Gasteiger partial charge in [0.15, 0.2) is 0 Å². The van der Waals surface area contributed by atoms with Gasteiger partial charge in [0.2, 0.25) is 11.8 Å². The van der Waals surface area contributed by atoms with Crippen molar-refractivity contribution in [2.75, 3.05) is 19.6 Å². The molecule has 0 aromatic carbocycles. The van der Waals surface area contributed by atoms with Gasteiger partial charge in [-0.15, -0.1) is 0 Å². The van der Waals surface area contributed by atoms with E-state index in [-0.39, 0.29) is 23.7 Å². The van der Waals surface area contributed by atoms with E-state index in [1.165, 1.54) is 0 Å². The van der Waals surface area contributed by atoms with Gasteiger partial charge < -0.3 is 16.4 Å². The van der Waals surface area contributed by atoms with Crippen LogP contribution in [0.15, 0.2) is 0 Å². The van der Waals surface area contributed by atoms with Gasteiger partial charge in [-0.3, -0.25) is 9.59 Å². The number of carbonyl (C=O) groups excluding carboxylic acids is 2. The van der Waals surface area contributed by atoms with E-state index in [2.05, 4.69) is 0 Å². The van der Waals surface area contributed by atoms with E-state index in [9.17, 15) is 9.59 Å². The SMILES string of the molecule is CCCC(CN)C(=O)N1CCCC(C(N)=O)C1. The smallest absolute Gasteiger partial charge is 0.226 e. The van der Waals surface area contributed by atoms with Gasteiger partial charge in [0, 0.05) is 19.6 Å². The van der Waals surface area contributed by atoms with Crippen LogP contribution in [0.3, 0.4) is 0 Å². The summed E-state index contributed by atoms with van der Waals surface area (Å²) in [6.07, 6.45) is 3.40. The van der Waals surface area contributed by atoms with Crippen molar-refractivity contribution < 1.29 is 9.59 Å². The molecule has 1 heterocycles. The Morgan fingerprint density at radius 2 is 2.18 bits per heavy atom. The van der Waals surface area contributed by atoms with Crippen LogP contribution in [0.25, 0.3) is 0 Å². The van der Waals surface area contributed by atoms with Gasteiger partial charge in [-0.25, -0.2) is 0 Å². The largest absolute Gasteiger partial charge is 0.369 e. The summed E-state index contributed by atoms with van der Waals surface area (Å²) in [7, 11) is 0. The first-order valence-electron chi connectivity index (χ1n) is 6.38. The first kappa shape index (κ1) is 14.0. The number of carbonyl (C=O) groups is 2. The predicted octanol–water partition coefficient (Wildman–Crippen LogP) is 0.0853. The summed E-state index contributed by atoms with van der Waals surface area (Å²) >= 11 is 0. The van der Waals surface area contributed by atoms with E-state index >= 15 is 0 Å². The highest BCUT2D eigenvalue weighted by molar-refractivity contribution is 5.81. The Labute approximate surface area is 103 Å². The van der Waals surface area contributed by atoms with Crippen LogP contribution in [0.1, 0.15) is 32.6 Å². The zero-order valence-electron chi connectivity index (χ0n) is 10.5. The molecule has 1 fully saturated rings. The minimum atomic E-state index is -0.303. The lowest BCUT2D eigenvalue weighted by Crippen LogP contribution is -2.47. The molecule has 1 aliphatic heterocycles. The fraction of sp³-hybridized carbons (Fsp3) is 0.833. The highest BCUT2D eigenvalue weighted by atomic mass is 16.2. The van der Waals surface area contributed by atoms with E-state index in [0.29, 0.717) is 13.1 Å². The van der Waals surface area contributed by atoms with Crippen molar-refractivity contribution in [3.05, 3.63) is 0 Å². The highest BCUT2D eigenvalue weighted by Crippen LogP contribution is 2.19. The Morgan fingerprint density at radius 3 is 2.71 bits per heavy atom. The van der Waals surface area contributed by atoms with Crippen LogP contribution in [0.2, 0.25) is 0 Å². The molecule has 0 aliphatic carbocycles. The van der Waals surface area contributed by atoms with Crippen LogP contribution in [0.5, 0.6) is 0 Å². The van der Waals surface area contributed by atoms with Crippen molar-refractivity contribution in [2.45, 2.75) is 32.6 Å². The average molecular weight is 241 g/mol. The Kier molecular flexibility index (Phi) is 5.41. The van der Waals surface area contributed by atoms with Gasteiger partial charge >= 0.3 is 0 Å². The second kappa shape index (κ2) is 6.59. The second-order valence-electron chi connectivity index (χ2n) is 4.75. The molecule has 2 atom stereocenters. The number of nitrogens with zero attached hydrogens (tertiary/aromatic N) is 1. The zero-order valence-corrected chi connectivity index (χ0v) is 10.5. The third-order valence-corrected chi connectivity index (χ3v) is 3.41. The number of likely N-dealkylation sites (tertiary alicyclic amines) is 1. The molecule has 1 rings (SSSR count). The number of nitrogens with two attached hydrogens (primary N) is 2. The van der Waals surface area contributed by atoms with Gasteiger partial charge in [-0.2, -0.15) is 0 Å². The quantitative estimate of drug-likeness (QED) is 0.714. The van der Waals surface area contributed by atoms with Crippen LogP contribution < -0.4 is 11.5 Å². The Balaban J connectivity index is 2.58. The minimum absolute atomic E-state index is 0.0836. The lowest BCUT2D eigenvalue weighted by atomic mass is 9.95. The van der Waals surface area contributed by atoms with Crippen molar-refractivity contribution in [1.29, 1.82) is 0 Å². The van der Waals surface area contributed by atoms with Crippen molar-refractivity contribution >= 4 is 11.8 Å². The third-order valence-electron chi connectivity index (χ3n) is 3.41. The number of hydrogen-bond donors (Lipinski definition) is 2. The standard InChI is InChI=1S/C12H23N3O2/c1-2-4-9(7-13)12(17)15-6-3-5-10(8-15)11(14)16/h9-10H,2-8,13H2,1H3,(H2,14,16). The van der Waals surface area contributed by atoms with E-state index < -0.39 is 0 Å². The Bertz CT molecular complexity index is 281. The molecule has 5 heteroatoms. The van der Waals surface area contributed by atoms with Crippen molar-refractivity contribution in [3.8, 4) is 0 Å². The number of amides is 2. The number of primary amides is 1. The third kappa shape index (κ3) is 3.70. The number of rotatable bonds is 5. The van der Waals surface area contributed by atoms with Crippen LogP contribution >= 0.6 is 0 Å². The van der Waals surface area contributed by atoms with Gasteiger partial charge in [-0.1, -0.05) is 13.3 Å². The molecular weight excluding hydrogens is 218 g/mol. The monoisotopic (exact) mass is 241 g/mol. The fourth-order valence-electron chi connectivity index (χ4n) is 2.36. The van der Waals surface area contributed by atoms with E-state index in [4.69, 9.17) is 11.5 Å². The summed E-state index contributed by atoms with van der Waals surface area (Å²) in [4.78, 5) is 25.1. The molecule has 0 aromatic rings. The zero-order chi connectivity index (χ0) is 12.8. The molecule has 0 spiro atoms. The van der Waals surface area contributed by atoms with Crippen molar-refractivity contribution in [3.63, 3.8) is 0 Å². The minimum Gasteiger partial charge on any atom is -0.369 e. The first-order chi connectivity index (χ1) is 8.10. The van der Waals surface area contributed by atoms with E-state index in [0.717, 1.165) is 32.2 Å². The molecular formula is C12H23N3O2. The molecule has 5 nitrogen and oxygen atoms in total. The predicted molar refractivity (Wildman–Crippen MR) is 66.0 cm³/mol. The topological polar surface area (TPSA) is 89.4 Å². The van der Waals surface area contributed by atoms with Gasteiger partial charge in [-0.05, 0) is 19.3 Å². The molecule has 98 valence electrons. The lowest BCUT2D eigenvalue weighted by Gasteiger charge is -2.33. The Morgan fingerprint density at radius 1 is 1.47 bits per heavy atom. The average Bonchev–Trinajstić information content (AvgIpc) is 2.35. The normalized spacial score (nSPS) is 22.2. The van der Waals surface area contributed by atoms with Gasteiger partial charge in [0.1, 0.15) is 0 Å². The number of piperidine rings is 1. The fourth-order valence-corrected chi connectivity index (χ4v) is 2.36. The molecule has 0 bridgehead atoms. The lowest BCUT2D eigenvalue weighted by molar-refractivity contribution is -0.138. The molecule has 1 saturated heterocycles. The summed E-state index contributed by atoms with van der Waals surface area (Å²) in [6, 6.07) is 0. The van der Waals surface area contributed by atoms with Crippen molar-refractivity contribution in [2.24, 2.45) is 23.3 Å². The molecule has 2 unspecified atom stereocenters. The summed E-state index contributed by atoms with van der Waals surface area (Å²) < 4.78 is 0. The summed E-state index contributed by atoms with van der Waals surface area (Å²) in [5.74, 6) is -0.512. The maximum atomic E-state index is 12.2. The van der Waals surface area contributed by atoms with Gasteiger partial charge in [0.05, 0.1) is 11.8 Å². The maximum Gasteiger partial charge on any atom is 0.226 e. The maximum absolute atomic E-state index is 12.2. The highest BCUT2D eigenvalue weighted by Gasteiger charge is 2.29. The number of hydrogen-bond acceptors (Lipinski definition) is 3. The van der Waals surface area contributed by atoms with Gasteiger partial charge in [0.25, 0.3) is 0 Å². The molecule has 17 heavy (non-hydrogen) atoms. The summed E-state index contributed by atoms with van der Waals surface area (Å²) in [5, 5.41) is 0. The molecule has 2 amide bonds. The molecule has 0 aromatic heterocycles. The summed E-state index contributed by atoms with van der Waals surface area (Å²) in [5.41, 5.74) is 10.9. The van der Waals surface area contributed by atoms with E-state index in [1.807, 2.05) is 6.92 Å². The Hall–Kier alpha value is -1.10. The van der Waals surface area contributed by atoms with E-state index in [1.54, 1.807) is 4.90 Å². The molecule has 4 N–H and O–H groups in total. The molecule has 0 radical (unpaired) electrons. The van der Waals surface area contributed by atoms with Crippen molar-refractivity contribution in [1.82, 2.24) is 4.90 Å².